The molecule has 0 aliphatic heterocycles. The molecule has 7 heteroatoms. The van der Waals surface area contributed by atoms with Gasteiger partial charge in [0.2, 0.25) is 0 Å². The van der Waals surface area contributed by atoms with E-state index in [0.29, 0.717) is 12.3 Å². The highest BCUT2D eigenvalue weighted by molar-refractivity contribution is 5.91. The summed E-state index contributed by atoms with van der Waals surface area (Å²) in [4.78, 5) is 11.8. The smallest absolute Gasteiger partial charge is 0.387 e. The average Bonchev–Trinajstić information content (AvgIpc) is 2.39. The van der Waals surface area contributed by atoms with Gasteiger partial charge in [0, 0.05) is 0 Å². The molecule has 1 atom stereocenters. The molecule has 21 heavy (non-hydrogen) atoms. The van der Waals surface area contributed by atoms with Crippen molar-refractivity contribution in [2.75, 3.05) is 11.9 Å². The summed E-state index contributed by atoms with van der Waals surface area (Å²) in [5.74, 6) is 0.184. The number of benzene rings is 1. The standard InChI is InChI=1S/C14H20F2N2O3/c1-9(2)7-10(8-19)17-14(20)18-11-5-3-4-6-12(11)21-13(15)16/h3-6,9-10,13,19H,7-8H2,1-2H3,(H2,17,18,20). The van der Waals surface area contributed by atoms with Gasteiger partial charge < -0.3 is 20.5 Å². The van der Waals surface area contributed by atoms with Crippen molar-refractivity contribution in [3.05, 3.63) is 24.3 Å². The molecule has 5 nitrogen and oxygen atoms in total. The van der Waals surface area contributed by atoms with Crippen LogP contribution in [0.5, 0.6) is 5.75 Å². The van der Waals surface area contributed by atoms with Crippen LogP contribution in [0.4, 0.5) is 19.3 Å². The number of hydrogen-bond acceptors (Lipinski definition) is 3. The molecule has 1 aromatic carbocycles. The van der Waals surface area contributed by atoms with Gasteiger partial charge in [-0.25, -0.2) is 4.79 Å². The van der Waals surface area contributed by atoms with E-state index in [-0.39, 0.29) is 18.0 Å². The Kier molecular flexibility index (Phi) is 6.87. The van der Waals surface area contributed by atoms with E-state index >= 15 is 0 Å². The Hall–Kier alpha value is -1.89. The van der Waals surface area contributed by atoms with E-state index in [9.17, 15) is 18.7 Å². The number of anilines is 1. The molecule has 0 bridgehead atoms. The van der Waals surface area contributed by atoms with Crippen LogP contribution >= 0.6 is 0 Å². The number of aliphatic hydroxyl groups is 1. The summed E-state index contributed by atoms with van der Waals surface area (Å²) in [6.45, 7) is 0.769. The van der Waals surface area contributed by atoms with Crippen LogP contribution < -0.4 is 15.4 Å². The lowest BCUT2D eigenvalue weighted by molar-refractivity contribution is -0.0493. The molecule has 0 aliphatic rings. The van der Waals surface area contributed by atoms with Crippen molar-refractivity contribution in [1.29, 1.82) is 0 Å². The first-order valence-corrected chi connectivity index (χ1v) is 6.64. The number of nitrogens with one attached hydrogen (secondary N) is 2. The topological polar surface area (TPSA) is 70.6 Å². The van der Waals surface area contributed by atoms with E-state index in [2.05, 4.69) is 15.4 Å². The molecule has 0 saturated carbocycles. The number of carbonyl (C=O) groups is 1. The van der Waals surface area contributed by atoms with Crippen LogP contribution in [0.25, 0.3) is 0 Å². The molecular formula is C14H20F2N2O3. The number of para-hydroxylation sites is 2. The highest BCUT2D eigenvalue weighted by atomic mass is 19.3. The number of carbonyl (C=O) groups excluding carboxylic acids is 1. The van der Waals surface area contributed by atoms with E-state index in [1.54, 1.807) is 6.07 Å². The highest BCUT2D eigenvalue weighted by Gasteiger charge is 2.15. The zero-order chi connectivity index (χ0) is 15.8. The number of amides is 2. The molecule has 0 fully saturated rings. The molecule has 0 radical (unpaired) electrons. The molecular weight excluding hydrogens is 282 g/mol. The fourth-order valence-electron chi connectivity index (χ4n) is 1.86. The third kappa shape index (κ3) is 6.40. The van der Waals surface area contributed by atoms with Gasteiger partial charge in [0.05, 0.1) is 18.3 Å². The van der Waals surface area contributed by atoms with Crippen LogP contribution in [-0.4, -0.2) is 30.4 Å². The third-order valence-corrected chi connectivity index (χ3v) is 2.66. The Balaban J connectivity index is 2.65. The van der Waals surface area contributed by atoms with E-state index in [4.69, 9.17) is 0 Å². The van der Waals surface area contributed by atoms with Crippen molar-refractivity contribution in [3.63, 3.8) is 0 Å². The van der Waals surface area contributed by atoms with E-state index in [0.717, 1.165) is 0 Å². The quantitative estimate of drug-likeness (QED) is 0.725. The second-order valence-electron chi connectivity index (χ2n) is 4.98. The van der Waals surface area contributed by atoms with Crippen LogP contribution in [0.1, 0.15) is 20.3 Å². The SMILES string of the molecule is CC(C)CC(CO)NC(=O)Nc1ccccc1OC(F)F. The fraction of sp³-hybridized carbons (Fsp3) is 0.500. The Morgan fingerprint density at radius 3 is 2.57 bits per heavy atom. The van der Waals surface area contributed by atoms with Gasteiger partial charge in [-0.05, 0) is 24.5 Å². The summed E-state index contributed by atoms with van der Waals surface area (Å²) in [6, 6.07) is 4.92. The van der Waals surface area contributed by atoms with Gasteiger partial charge in [-0.1, -0.05) is 26.0 Å². The average molecular weight is 302 g/mol. The molecule has 118 valence electrons. The van der Waals surface area contributed by atoms with Crippen molar-refractivity contribution >= 4 is 11.7 Å². The molecule has 0 saturated heterocycles. The lowest BCUT2D eigenvalue weighted by Crippen LogP contribution is -2.41. The van der Waals surface area contributed by atoms with Gasteiger partial charge in [-0.2, -0.15) is 8.78 Å². The fourth-order valence-corrected chi connectivity index (χ4v) is 1.86. The summed E-state index contributed by atoms with van der Waals surface area (Å²) in [5, 5.41) is 14.2. The van der Waals surface area contributed by atoms with Gasteiger partial charge in [0.15, 0.2) is 0 Å². The Morgan fingerprint density at radius 2 is 2.00 bits per heavy atom. The maximum absolute atomic E-state index is 12.3. The molecule has 1 rings (SSSR count). The third-order valence-electron chi connectivity index (χ3n) is 2.66. The maximum atomic E-state index is 12.3. The molecule has 0 heterocycles. The molecule has 0 aliphatic carbocycles. The van der Waals surface area contributed by atoms with Crippen LogP contribution in [0, 0.1) is 5.92 Å². The highest BCUT2D eigenvalue weighted by Crippen LogP contribution is 2.25. The molecule has 1 aromatic rings. The zero-order valence-electron chi connectivity index (χ0n) is 12.0. The van der Waals surface area contributed by atoms with Crippen LogP contribution in [0.15, 0.2) is 24.3 Å². The Labute approximate surface area is 122 Å². The minimum Gasteiger partial charge on any atom is -0.433 e. The minimum atomic E-state index is -2.97. The van der Waals surface area contributed by atoms with Crippen LogP contribution in [0.2, 0.25) is 0 Å². The molecule has 1 unspecified atom stereocenters. The predicted octanol–water partition coefficient (Wildman–Crippen LogP) is 2.82. The second-order valence-corrected chi connectivity index (χ2v) is 4.98. The molecule has 0 spiro atoms. The normalized spacial score (nSPS) is 12.3. The lowest BCUT2D eigenvalue weighted by Gasteiger charge is -2.19. The van der Waals surface area contributed by atoms with Crippen molar-refractivity contribution in [3.8, 4) is 5.75 Å². The van der Waals surface area contributed by atoms with Crippen LogP contribution in [-0.2, 0) is 0 Å². The first-order chi connectivity index (χ1) is 9.92. The second kappa shape index (κ2) is 8.41. The number of rotatable bonds is 7. The summed E-state index contributed by atoms with van der Waals surface area (Å²) in [7, 11) is 0. The Morgan fingerprint density at radius 1 is 1.33 bits per heavy atom. The van der Waals surface area contributed by atoms with Gasteiger partial charge >= 0.3 is 12.6 Å². The van der Waals surface area contributed by atoms with Crippen molar-refractivity contribution in [1.82, 2.24) is 5.32 Å². The number of ether oxygens (including phenoxy) is 1. The van der Waals surface area contributed by atoms with Crippen molar-refractivity contribution in [2.45, 2.75) is 32.9 Å². The number of alkyl halides is 2. The first-order valence-electron chi connectivity index (χ1n) is 6.64. The number of urea groups is 1. The number of hydrogen-bond donors (Lipinski definition) is 3. The van der Waals surface area contributed by atoms with Crippen LogP contribution in [0.3, 0.4) is 0 Å². The van der Waals surface area contributed by atoms with E-state index < -0.39 is 18.7 Å². The van der Waals surface area contributed by atoms with E-state index in [1.165, 1.54) is 18.2 Å². The lowest BCUT2D eigenvalue weighted by atomic mass is 10.0. The zero-order valence-corrected chi connectivity index (χ0v) is 12.0. The van der Waals surface area contributed by atoms with Gasteiger partial charge in [-0.3, -0.25) is 0 Å². The van der Waals surface area contributed by atoms with Crippen molar-refractivity contribution in [2.24, 2.45) is 5.92 Å². The molecule has 3 N–H and O–H groups in total. The maximum Gasteiger partial charge on any atom is 0.387 e. The minimum absolute atomic E-state index is 0.118. The van der Waals surface area contributed by atoms with Gasteiger partial charge in [0.1, 0.15) is 5.75 Å². The number of aliphatic hydroxyl groups excluding tert-OH is 1. The Bertz CT molecular complexity index is 456. The molecule has 0 aromatic heterocycles. The van der Waals surface area contributed by atoms with Gasteiger partial charge in [0.25, 0.3) is 0 Å². The summed E-state index contributed by atoms with van der Waals surface area (Å²) in [5.41, 5.74) is 0.136. The summed E-state index contributed by atoms with van der Waals surface area (Å²) >= 11 is 0. The van der Waals surface area contributed by atoms with E-state index in [1.807, 2.05) is 13.8 Å². The summed E-state index contributed by atoms with van der Waals surface area (Å²) in [6.07, 6.45) is 0.610. The molecule has 2 amide bonds. The predicted molar refractivity (Wildman–Crippen MR) is 75.6 cm³/mol. The summed E-state index contributed by atoms with van der Waals surface area (Å²) < 4.78 is 28.8. The first kappa shape index (κ1) is 17.2. The van der Waals surface area contributed by atoms with Gasteiger partial charge in [-0.15, -0.1) is 0 Å². The number of halogens is 2. The van der Waals surface area contributed by atoms with Crippen molar-refractivity contribution < 1.29 is 23.4 Å². The largest absolute Gasteiger partial charge is 0.433 e. The monoisotopic (exact) mass is 302 g/mol.